The standard InChI is InChI=1S/C12H21N5/c1-12(2)5-4-8(7-12)15-10-6-9(14-3)16-11(13)17-10/h6,8H,4-5,7H2,1-3H3,(H4,13,14,15,16,17). The Morgan fingerprint density at radius 2 is 2.06 bits per heavy atom. The Kier molecular flexibility index (Phi) is 3.09. The van der Waals surface area contributed by atoms with Crippen LogP contribution < -0.4 is 16.4 Å². The summed E-state index contributed by atoms with van der Waals surface area (Å²) in [6.45, 7) is 4.62. The summed E-state index contributed by atoms with van der Waals surface area (Å²) in [5, 5.41) is 6.42. The molecule has 94 valence electrons. The van der Waals surface area contributed by atoms with Crippen LogP contribution in [0.5, 0.6) is 0 Å². The average Bonchev–Trinajstić information content (AvgIpc) is 2.57. The van der Waals surface area contributed by atoms with E-state index in [1.807, 2.05) is 13.1 Å². The van der Waals surface area contributed by atoms with E-state index in [1.54, 1.807) is 0 Å². The minimum atomic E-state index is 0.302. The highest BCUT2D eigenvalue weighted by Gasteiger charge is 2.30. The van der Waals surface area contributed by atoms with Gasteiger partial charge in [-0.15, -0.1) is 0 Å². The van der Waals surface area contributed by atoms with Gasteiger partial charge >= 0.3 is 0 Å². The Bertz CT molecular complexity index is 402. The Labute approximate surface area is 102 Å². The summed E-state index contributed by atoms with van der Waals surface area (Å²) in [7, 11) is 1.82. The minimum Gasteiger partial charge on any atom is -0.373 e. The van der Waals surface area contributed by atoms with Crippen molar-refractivity contribution in [3.8, 4) is 0 Å². The molecular formula is C12H21N5. The fourth-order valence-electron chi connectivity index (χ4n) is 2.44. The van der Waals surface area contributed by atoms with Crippen LogP contribution in [0.15, 0.2) is 6.07 Å². The van der Waals surface area contributed by atoms with Gasteiger partial charge in [0, 0.05) is 19.2 Å². The maximum absolute atomic E-state index is 5.66. The molecule has 0 bridgehead atoms. The average molecular weight is 235 g/mol. The number of hydrogen-bond donors (Lipinski definition) is 3. The Balaban J connectivity index is 2.06. The lowest BCUT2D eigenvalue weighted by molar-refractivity contribution is 0.378. The molecule has 1 heterocycles. The largest absolute Gasteiger partial charge is 0.373 e. The van der Waals surface area contributed by atoms with Crippen molar-refractivity contribution in [3.63, 3.8) is 0 Å². The maximum atomic E-state index is 5.66. The summed E-state index contributed by atoms with van der Waals surface area (Å²) >= 11 is 0. The summed E-state index contributed by atoms with van der Waals surface area (Å²) in [6.07, 6.45) is 3.61. The number of nitrogen functional groups attached to an aromatic ring is 1. The van der Waals surface area contributed by atoms with Gasteiger partial charge in [0.25, 0.3) is 0 Å². The first kappa shape index (κ1) is 12.0. The Morgan fingerprint density at radius 1 is 1.35 bits per heavy atom. The van der Waals surface area contributed by atoms with Gasteiger partial charge in [-0.25, -0.2) is 0 Å². The molecule has 2 rings (SSSR count). The molecule has 1 aromatic rings. The molecular weight excluding hydrogens is 214 g/mol. The van der Waals surface area contributed by atoms with Crippen molar-refractivity contribution < 1.29 is 0 Å². The second-order valence-electron chi connectivity index (χ2n) is 5.49. The monoisotopic (exact) mass is 235 g/mol. The first-order chi connectivity index (χ1) is 7.98. The SMILES string of the molecule is CNc1cc(NC2CCC(C)(C)C2)nc(N)n1. The number of nitrogens with one attached hydrogen (secondary N) is 2. The van der Waals surface area contributed by atoms with Gasteiger partial charge in [-0.3, -0.25) is 0 Å². The fourth-order valence-corrected chi connectivity index (χ4v) is 2.44. The molecule has 1 saturated carbocycles. The van der Waals surface area contributed by atoms with Gasteiger partial charge in [-0.05, 0) is 24.7 Å². The number of nitrogens with zero attached hydrogens (tertiary/aromatic N) is 2. The third kappa shape index (κ3) is 2.99. The van der Waals surface area contributed by atoms with Crippen LogP contribution in [-0.2, 0) is 0 Å². The molecule has 5 heteroatoms. The molecule has 1 atom stereocenters. The number of rotatable bonds is 3. The van der Waals surface area contributed by atoms with E-state index in [0.29, 0.717) is 17.4 Å². The third-order valence-corrected chi connectivity index (χ3v) is 3.32. The Morgan fingerprint density at radius 3 is 2.65 bits per heavy atom. The zero-order chi connectivity index (χ0) is 12.5. The van der Waals surface area contributed by atoms with E-state index in [0.717, 1.165) is 11.6 Å². The predicted molar refractivity (Wildman–Crippen MR) is 71.0 cm³/mol. The van der Waals surface area contributed by atoms with Crippen molar-refractivity contribution in [2.24, 2.45) is 5.41 Å². The molecule has 1 fully saturated rings. The molecule has 0 amide bonds. The topological polar surface area (TPSA) is 75.9 Å². The van der Waals surface area contributed by atoms with Crippen molar-refractivity contribution in [1.29, 1.82) is 0 Å². The molecule has 0 spiro atoms. The van der Waals surface area contributed by atoms with Crippen LogP contribution in [0.3, 0.4) is 0 Å². The summed E-state index contributed by atoms with van der Waals surface area (Å²) in [5.74, 6) is 1.86. The summed E-state index contributed by atoms with van der Waals surface area (Å²) in [5.41, 5.74) is 6.09. The number of hydrogen-bond acceptors (Lipinski definition) is 5. The van der Waals surface area contributed by atoms with Gasteiger partial charge in [0.2, 0.25) is 5.95 Å². The highest BCUT2D eigenvalue weighted by atomic mass is 15.1. The Hall–Kier alpha value is -1.52. The van der Waals surface area contributed by atoms with Crippen molar-refractivity contribution in [1.82, 2.24) is 9.97 Å². The van der Waals surface area contributed by atoms with Gasteiger partial charge in [0.1, 0.15) is 11.6 Å². The van der Waals surface area contributed by atoms with E-state index < -0.39 is 0 Å². The second-order valence-corrected chi connectivity index (χ2v) is 5.49. The van der Waals surface area contributed by atoms with E-state index in [9.17, 15) is 0 Å². The van der Waals surface area contributed by atoms with Gasteiger partial charge in [0.05, 0.1) is 0 Å². The first-order valence-corrected chi connectivity index (χ1v) is 6.07. The first-order valence-electron chi connectivity index (χ1n) is 6.07. The number of aromatic nitrogens is 2. The zero-order valence-corrected chi connectivity index (χ0v) is 10.7. The third-order valence-electron chi connectivity index (χ3n) is 3.32. The number of nitrogens with two attached hydrogens (primary N) is 1. The minimum absolute atomic E-state index is 0.302. The maximum Gasteiger partial charge on any atom is 0.223 e. The molecule has 0 radical (unpaired) electrons. The van der Waals surface area contributed by atoms with Crippen molar-refractivity contribution in [3.05, 3.63) is 6.07 Å². The fraction of sp³-hybridized carbons (Fsp3) is 0.667. The molecule has 0 saturated heterocycles. The van der Waals surface area contributed by atoms with E-state index in [4.69, 9.17) is 5.73 Å². The smallest absolute Gasteiger partial charge is 0.223 e. The second kappa shape index (κ2) is 4.39. The highest BCUT2D eigenvalue weighted by molar-refractivity contribution is 5.51. The molecule has 0 aliphatic heterocycles. The van der Waals surface area contributed by atoms with Crippen LogP contribution in [0.25, 0.3) is 0 Å². The van der Waals surface area contributed by atoms with Crippen LogP contribution in [0.4, 0.5) is 17.6 Å². The highest BCUT2D eigenvalue weighted by Crippen LogP contribution is 2.38. The summed E-state index contributed by atoms with van der Waals surface area (Å²) in [4.78, 5) is 8.28. The van der Waals surface area contributed by atoms with Crippen LogP contribution in [-0.4, -0.2) is 23.1 Å². The van der Waals surface area contributed by atoms with Gasteiger partial charge in [-0.1, -0.05) is 13.8 Å². The lowest BCUT2D eigenvalue weighted by atomic mass is 9.92. The molecule has 17 heavy (non-hydrogen) atoms. The van der Waals surface area contributed by atoms with Crippen LogP contribution in [0, 0.1) is 5.41 Å². The molecule has 1 aliphatic rings. The normalized spacial score (nSPS) is 22.4. The van der Waals surface area contributed by atoms with Crippen molar-refractivity contribution >= 4 is 17.6 Å². The van der Waals surface area contributed by atoms with E-state index in [1.165, 1.54) is 19.3 Å². The van der Waals surface area contributed by atoms with Crippen LogP contribution in [0.2, 0.25) is 0 Å². The van der Waals surface area contributed by atoms with Crippen molar-refractivity contribution in [2.45, 2.75) is 39.2 Å². The lowest BCUT2D eigenvalue weighted by Crippen LogP contribution is -2.19. The molecule has 0 aromatic carbocycles. The van der Waals surface area contributed by atoms with E-state index in [-0.39, 0.29) is 0 Å². The lowest BCUT2D eigenvalue weighted by Gasteiger charge is -2.18. The predicted octanol–water partition coefficient (Wildman–Crippen LogP) is 2.09. The summed E-state index contributed by atoms with van der Waals surface area (Å²) in [6, 6.07) is 2.38. The van der Waals surface area contributed by atoms with E-state index in [2.05, 4.69) is 34.4 Å². The molecule has 1 unspecified atom stereocenters. The zero-order valence-electron chi connectivity index (χ0n) is 10.7. The van der Waals surface area contributed by atoms with Crippen LogP contribution >= 0.6 is 0 Å². The van der Waals surface area contributed by atoms with Gasteiger partial charge in [-0.2, -0.15) is 9.97 Å². The molecule has 4 N–H and O–H groups in total. The molecule has 1 aliphatic carbocycles. The quantitative estimate of drug-likeness (QED) is 0.748. The van der Waals surface area contributed by atoms with Gasteiger partial charge < -0.3 is 16.4 Å². The number of anilines is 3. The summed E-state index contributed by atoms with van der Waals surface area (Å²) < 4.78 is 0. The van der Waals surface area contributed by atoms with Crippen LogP contribution in [0.1, 0.15) is 33.1 Å². The molecule has 5 nitrogen and oxygen atoms in total. The molecule has 1 aromatic heterocycles. The van der Waals surface area contributed by atoms with Crippen molar-refractivity contribution in [2.75, 3.05) is 23.4 Å². The van der Waals surface area contributed by atoms with Gasteiger partial charge in [0.15, 0.2) is 0 Å². The van der Waals surface area contributed by atoms with E-state index >= 15 is 0 Å².